The van der Waals surface area contributed by atoms with Crippen molar-refractivity contribution in [1.82, 2.24) is 4.98 Å². The summed E-state index contributed by atoms with van der Waals surface area (Å²) >= 11 is 0. The Morgan fingerprint density at radius 1 is 1.21 bits per heavy atom. The van der Waals surface area contributed by atoms with Gasteiger partial charge in [-0.3, -0.25) is 9.59 Å². The molecule has 1 fully saturated rings. The van der Waals surface area contributed by atoms with E-state index in [0.29, 0.717) is 12.0 Å². The summed E-state index contributed by atoms with van der Waals surface area (Å²) in [4.78, 5) is 26.6. The number of aromatic nitrogens is 1. The van der Waals surface area contributed by atoms with E-state index in [-0.39, 0.29) is 29.6 Å². The normalized spacial score (nSPS) is 16.0. The number of esters is 1. The molecule has 0 unspecified atom stereocenters. The lowest BCUT2D eigenvalue weighted by Crippen LogP contribution is -2.21. The number of carbonyl (C=O) groups is 1. The first-order valence-electron chi connectivity index (χ1n) is 8.85. The Hall–Kier alpha value is -2.09. The van der Waals surface area contributed by atoms with Crippen molar-refractivity contribution in [2.24, 2.45) is 0 Å². The molecule has 0 amide bonds. The summed E-state index contributed by atoms with van der Waals surface area (Å²) in [5, 5.41) is 9.10. The number of nitrogens with one attached hydrogen (secondary N) is 1. The van der Waals surface area contributed by atoms with Gasteiger partial charge in [-0.05, 0) is 57.1 Å². The average Bonchev–Trinajstić information content (AvgIpc) is 2.49. The van der Waals surface area contributed by atoms with Gasteiger partial charge in [0.05, 0.1) is 0 Å². The van der Waals surface area contributed by atoms with Crippen molar-refractivity contribution in [2.75, 3.05) is 0 Å². The van der Waals surface area contributed by atoms with Gasteiger partial charge in [0.2, 0.25) is 0 Å². The Morgan fingerprint density at radius 2 is 1.83 bits per heavy atom. The summed E-state index contributed by atoms with van der Waals surface area (Å²) < 4.78 is 5.63. The highest BCUT2D eigenvalue weighted by molar-refractivity contribution is 5.70. The van der Waals surface area contributed by atoms with Crippen LogP contribution >= 0.6 is 0 Å². The zero-order valence-electron chi connectivity index (χ0n) is 14.6. The number of pyridine rings is 1. The number of aromatic amines is 1. The molecule has 0 saturated heterocycles. The van der Waals surface area contributed by atoms with E-state index in [1.54, 1.807) is 13.8 Å². The van der Waals surface area contributed by atoms with Crippen LogP contribution in [-0.2, 0) is 16.0 Å². The van der Waals surface area contributed by atoms with Crippen molar-refractivity contribution < 1.29 is 9.53 Å². The number of rotatable bonds is 4. The van der Waals surface area contributed by atoms with Crippen LogP contribution < -0.4 is 5.56 Å². The van der Waals surface area contributed by atoms with Gasteiger partial charge < -0.3 is 9.72 Å². The number of carbonyl (C=O) groups excluding carboxylic acids is 1. The molecule has 5 heteroatoms. The van der Waals surface area contributed by atoms with Crippen LogP contribution in [0.1, 0.15) is 73.8 Å². The van der Waals surface area contributed by atoms with Crippen LogP contribution in [0.5, 0.6) is 0 Å². The summed E-state index contributed by atoms with van der Waals surface area (Å²) in [7, 11) is 0. The number of ether oxygens (including phenoxy) is 1. The molecule has 1 heterocycles. The molecule has 0 radical (unpaired) electrons. The van der Waals surface area contributed by atoms with Gasteiger partial charge in [0.15, 0.2) is 0 Å². The maximum absolute atomic E-state index is 12.2. The Morgan fingerprint density at radius 3 is 2.46 bits per heavy atom. The fraction of sp³-hybridized carbons (Fsp3) is 0.632. The summed E-state index contributed by atoms with van der Waals surface area (Å²) in [6.07, 6.45) is 8.70. The van der Waals surface area contributed by atoms with Crippen molar-refractivity contribution in [3.8, 4) is 6.07 Å². The van der Waals surface area contributed by atoms with Gasteiger partial charge in [0.1, 0.15) is 17.7 Å². The molecule has 130 valence electrons. The first kappa shape index (κ1) is 18.3. The van der Waals surface area contributed by atoms with Crippen molar-refractivity contribution in [3.63, 3.8) is 0 Å². The van der Waals surface area contributed by atoms with Crippen molar-refractivity contribution in [3.05, 3.63) is 32.7 Å². The van der Waals surface area contributed by atoms with E-state index in [1.165, 1.54) is 19.3 Å². The first-order chi connectivity index (χ1) is 11.5. The van der Waals surface area contributed by atoms with Crippen molar-refractivity contribution >= 4 is 5.97 Å². The van der Waals surface area contributed by atoms with E-state index < -0.39 is 0 Å². The molecular formula is C19H26N2O3. The maximum atomic E-state index is 12.2. The van der Waals surface area contributed by atoms with Crippen LogP contribution in [0.4, 0.5) is 0 Å². The van der Waals surface area contributed by atoms with Crippen LogP contribution in [0.2, 0.25) is 0 Å². The highest BCUT2D eigenvalue weighted by atomic mass is 16.5. The van der Waals surface area contributed by atoms with E-state index in [9.17, 15) is 9.59 Å². The molecule has 0 aromatic carbocycles. The monoisotopic (exact) mass is 330 g/mol. The van der Waals surface area contributed by atoms with E-state index in [4.69, 9.17) is 10.00 Å². The predicted octanol–water partition coefficient (Wildman–Crippen LogP) is 3.45. The smallest absolute Gasteiger partial charge is 0.306 e. The minimum absolute atomic E-state index is 0.0465. The minimum Gasteiger partial charge on any atom is -0.462 e. The van der Waals surface area contributed by atoms with Crippen LogP contribution in [0.15, 0.2) is 4.79 Å². The fourth-order valence-electron chi connectivity index (χ4n) is 3.43. The topological polar surface area (TPSA) is 83.0 Å². The van der Waals surface area contributed by atoms with Gasteiger partial charge >= 0.3 is 5.97 Å². The van der Waals surface area contributed by atoms with Gasteiger partial charge in [-0.25, -0.2) is 0 Å². The standard InChI is InChI=1S/C19H26N2O3/c1-13-16(14(2)21-19(23)17(13)12-20)10-11-18(22)24-15-8-6-4-3-5-7-9-15/h15H,3-11H2,1-2H3,(H,21,23). The van der Waals surface area contributed by atoms with E-state index >= 15 is 0 Å². The number of aryl methyl sites for hydroxylation is 1. The number of nitrogens with zero attached hydrogens (tertiary/aromatic N) is 1. The molecule has 24 heavy (non-hydrogen) atoms. The molecular weight excluding hydrogens is 304 g/mol. The molecule has 1 aliphatic rings. The molecule has 0 bridgehead atoms. The van der Waals surface area contributed by atoms with E-state index in [0.717, 1.165) is 36.9 Å². The van der Waals surface area contributed by atoms with Gasteiger partial charge in [-0.2, -0.15) is 5.26 Å². The minimum atomic E-state index is -0.367. The van der Waals surface area contributed by atoms with Crippen LogP contribution in [0.25, 0.3) is 0 Å². The maximum Gasteiger partial charge on any atom is 0.306 e. The highest BCUT2D eigenvalue weighted by Gasteiger charge is 2.18. The van der Waals surface area contributed by atoms with E-state index in [2.05, 4.69) is 4.98 Å². The third-order valence-corrected chi connectivity index (χ3v) is 4.85. The highest BCUT2D eigenvalue weighted by Crippen LogP contribution is 2.21. The SMILES string of the molecule is Cc1[nH]c(=O)c(C#N)c(C)c1CCC(=O)OC1CCCCCCC1. The lowest BCUT2D eigenvalue weighted by atomic mass is 9.98. The van der Waals surface area contributed by atoms with Gasteiger partial charge in [0, 0.05) is 12.1 Å². The van der Waals surface area contributed by atoms with Gasteiger partial charge in [-0.15, -0.1) is 0 Å². The molecule has 1 saturated carbocycles. The van der Waals surface area contributed by atoms with Crippen molar-refractivity contribution in [1.29, 1.82) is 5.26 Å². The second-order valence-electron chi connectivity index (χ2n) is 6.63. The number of H-pyrrole nitrogens is 1. The Kier molecular flexibility index (Phi) is 6.60. The second-order valence-corrected chi connectivity index (χ2v) is 6.63. The first-order valence-corrected chi connectivity index (χ1v) is 8.85. The lowest BCUT2D eigenvalue weighted by molar-refractivity contribution is -0.150. The Balaban J connectivity index is 1.96. The number of nitriles is 1. The molecule has 0 spiro atoms. The van der Waals surface area contributed by atoms with Gasteiger partial charge in [-0.1, -0.05) is 19.3 Å². The third-order valence-electron chi connectivity index (χ3n) is 4.85. The van der Waals surface area contributed by atoms with Crippen LogP contribution in [-0.4, -0.2) is 17.1 Å². The number of hydrogen-bond acceptors (Lipinski definition) is 4. The molecule has 1 aromatic heterocycles. The Labute approximate surface area is 143 Å². The third kappa shape index (κ3) is 4.70. The molecule has 1 aromatic rings. The average molecular weight is 330 g/mol. The van der Waals surface area contributed by atoms with E-state index in [1.807, 2.05) is 6.07 Å². The molecule has 5 nitrogen and oxygen atoms in total. The second kappa shape index (κ2) is 8.68. The largest absolute Gasteiger partial charge is 0.462 e. The molecule has 2 rings (SSSR count). The fourth-order valence-corrected chi connectivity index (χ4v) is 3.43. The summed E-state index contributed by atoms with van der Waals surface area (Å²) in [6.45, 7) is 3.56. The lowest BCUT2D eigenvalue weighted by Gasteiger charge is -2.20. The summed E-state index contributed by atoms with van der Waals surface area (Å²) in [5.41, 5.74) is 2.01. The molecule has 1 aliphatic carbocycles. The zero-order chi connectivity index (χ0) is 17.5. The summed E-state index contributed by atoms with van der Waals surface area (Å²) in [5.74, 6) is -0.191. The molecule has 0 atom stereocenters. The van der Waals surface area contributed by atoms with Crippen molar-refractivity contribution in [2.45, 2.75) is 77.7 Å². The number of hydrogen-bond donors (Lipinski definition) is 1. The molecule has 0 aliphatic heterocycles. The zero-order valence-corrected chi connectivity index (χ0v) is 14.6. The predicted molar refractivity (Wildman–Crippen MR) is 91.8 cm³/mol. The summed E-state index contributed by atoms with van der Waals surface area (Å²) in [6, 6.07) is 1.94. The Bertz CT molecular complexity index is 677. The quantitative estimate of drug-likeness (QED) is 0.857. The van der Waals surface area contributed by atoms with Gasteiger partial charge in [0.25, 0.3) is 5.56 Å². The van der Waals surface area contributed by atoms with Crippen LogP contribution in [0.3, 0.4) is 0 Å². The molecule has 1 N–H and O–H groups in total. The van der Waals surface area contributed by atoms with Crippen LogP contribution in [0, 0.1) is 25.2 Å².